The number of nitrogens with one attached hydrogen (secondary N) is 6. The standard InChI is InChI=1S/C23H25ClF2N4O3S.C22H23ClF2N4O3S2.C21H20ClF2N7OS.C20H26ClF2N5O2S/c1-13-8-22(21-16(7-20(24)34-21)23(25,26)12-33-22)9-17(27-13)18-10-30(29-28-18)11-19(31)14-3-5-15(32-2)6-4-14;1-13-8-21(20-15(7-19(23)33-20)22(24,25)12-32-21)9-16(26-13)17-11-29(28-27-17)10-14-5-3-4-6-18(14)34(2,30)31;1-11-6-20(18-12(5-16(22)33-18)21(23,24)10-32-20)7-14(26-11)15-8-31(30-29-15)9-17-27-13-3-2-4-25-19(13)28-17;1-11(2)18(29)24-4-5-28-9-15(26-27-28)14-8-19(7-12(3)25-14)17-13(6-16(21)31-17)20(22,23)10-30-19/h3-7,10,13,17,19,27,31H,8-9,11-12H2,1-2H3;3-7,11,13,16,26H,8-10,12H2,1-2H3;2-5,8,11,14,26H,6-7,9-10H2,1H3,(H,25,27,28);6,9,11-12,14,25H,4-5,7-8,10H2,1-3H3,(H,24,29)/t13-,17-,19?,22-;13-,16-,21-;11-,14-,20-;12-,14-,19-/m0000/s1. The Morgan fingerprint density at radius 1 is 0.538 bits per heavy atom. The molecule has 13 atom stereocenters. The molecule has 10 aromatic heterocycles. The van der Waals surface area contributed by atoms with Crippen LogP contribution in [0.25, 0.3) is 11.2 Å². The van der Waals surface area contributed by atoms with E-state index in [1.54, 1.807) is 93.0 Å². The number of alkyl halides is 8. The first-order valence-corrected chi connectivity index (χ1v) is 49.3. The summed E-state index contributed by atoms with van der Waals surface area (Å²) in [5, 5.41) is 61.5. The maximum Gasteiger partial charge on any atom is 0.297 e. The van der Waals surface area contributed by atoms with Gasteiger partial charge in [-0.05, 0) is 119 Å². The van der Waals surface area contributed by atoms with E-state index in [1.165, 1.54) is 53.2 Å². The number of H-pyrrole nitrogens is 1. The Morgan fingerprint density at radius 2 is 0.917 bits per heavy atom. The van der Waals surface area contributed by atoms with Crippen molar-refractivity contribution in [3.8, 4) is 5.75 Å². The zero-order chi connectivity index (χ0) is 93.6. The van der Waals surface area contributed by atoms with Gasteiger partial charge in [-0.25, -0.2) is 32.4 Å². The number of nitrogens with zero attached hydrogens (tertiary/aromatic N) is 14. The van der Waals surface area contributed by atoms with Crippen LogP contribution in [0.3, 0.4) is 0 Å². The van der Waals surface area contributed by atoms with Crippen molar-refractivity contribution in [1.82, 2.24) is 102 Å². The largest absolute Gasteiger partial charge is 0.497 e. The minimum atomic E-state index is -3.39. The first-order valence-electron chi connectivity index (χ1n) is 42.7. The Morgan fingerprint density at radius 3 is 1.31 bits per heavy atom. The molecule has 20 rings (SSSR count). The third kappa shape index (κ3) is 20.1. The van der Waals surface area contributed by atoms with Crippen LogP contribution in [0, 0.1) is 5.92 Å². The molecule has 8 aliphatic rings. The number of piperidine rings is 4. The molecule has 4 fully saturated rings. The summed E-state index contributed by atoms with van der Waals surface area (Å²) in [6, 6.07) is 22.2. The topological polar surface area (TPSA) is 342 Å². The molecule has 46 heteroatoms. The first-order chi connectivity index (χ1) is 62.6. The average Bonchev–Trinajstić information content (AvgIpc) is 1.49. The van der Waals surface area contributed by atoms with Gasteiger partial charge in [-0.1, -0.05) is 111 Å². The Balaban J connectivity index is 0.000000123. The summed E-state index contributed by atoms with van der Waals surface area (Å²) in [7, 11) is -1.80. The minimum absolute atomic E-state index is 0.00534. The molecule has 29 nitrogen and oxygen atoms in total. The molecule has 0 aliphatic carbocycles. The van der Waals surface area contributed by atoms with Gasteiger partial charge in [0.05, 0.1) is 132 Å². The van der Waals surface area contributed by atoms with Gasteiger partial charge in [0.15, 0.2) is 15.5 Å². The Kier molecular flexibility index (Phi) is 27.1. The van der Waals surface area contributed by atoms with Gasteiger partial charge in [0.1, 0.15) is 67.0 Å². The van der Waals surface area contributed by atoms with E-state index in [4.69, 9.17) is 70.1 Å². The van der Waals surface area contributed by atoms with Crippen LogP contribution in [-0.4, -0.2) is 165 Å². The molecule has 4 spiro atoms. The average molecular weight is 2010 g/mol. The number of fused-ring (bicyclic) bond motifs is 9. The van der Waals surface area contributed by atoms with Crippen molar-refractivity contribution in [2.75, 3.05) is 46.3 Å². The van der Waals surface area contributed by atoms with Crippen LogP contribution in [0.2, 0.25) is 17.3 Å². The summed E-state index contributed by atoms with van der Waals surface area (Å²) in [5.41, 5.74) is 2.03. The number of aromatic nitrogens is 15. The monoisotopic (exact) mass is 2000 g/mol. The molecular formula is C86H94Cl4F8N20O9S5. The molecule has 8 aliphatic heterocycles. The Labute approximate surface area is 789 Å². The fourth-order valence-electron chi connectivity index (χ4n) is 19.0. The third-order valence-electron chi connectivity index (χ3n) is 24.8. The molecule has 132 heavy (non-hydrogen) atoms. The maximum atomic E-state index is 14.5. The second kappa shape index (κ2) is 37.4. The van der Waals surface area contributed by atoms with Crippen molar-refractivity contribution in [1.29, 1.82) is 0 Å². The summed E-state index contributed by atoms with van der Waals surface area (Å²) >= 11 is 29.2. The van der Waals surface area contributed by atoms with Gasteiger partial charge in [0, 0.05) is 117 Å². The lowest BCUT2D eigenvalue weighted by atomic mass is 9.78. The van der Waals surface area contributed by atoms with Crippen LogP contribution in [0.4, 0.5) is 35.1 Å². The van der Waals surface area contributed by atoms with Crippen LogP contribution in [0.1, 0.15) is 205 Å². The number of hydrogen-bond donors (Lipinski definition) is 7. The Bertz CT molecular complexity index is 6260. The predicted molar refractivity (Wildman–Crippen MR) is 479 cm³/mol. The number of carbonyl (C=O) groups is 1. The lowest BCUT2D eigenvalue weighted by Gasteiger charge is -2.47. The lowest BCUT2D eigenvalue weighted by Crippen LogP contribution is -2.51. The second-order valence-electron chi connectivity index (χ2n) is 35.4. The highest BCUT2D eigenvalue weighted by atomic mass is 35.5. The quantitative estimate of drug-likeness (QED) is 0.0416. The number of methoxy groups -OCH3 is 1. The van der Waals surface area contributed by atoms with E-state index in [9.17, 15) is 53.4 Å². The number of aliphatic hydroxyl groups excluding tert-OH is 1. The molecule has 1 unspecified atom stereocenters. The Hall–Kier alpha value is -8.12. The second-order valence-corrected chi connectivity index (χ2v) is 44.1. The third-order valence-corrected chi connectivity index (χ3v) is 31.8. The molecular weight excluding hydrogens is 1910 g/mol. The van der Waals surface area contributed by atoms with Crippen LogP contribution in [0.15, 0.2) is 121 Å². The molecule has 0 bridgehead atoms. The number of halogens is 12. The van der Waals surface area contributed by atoms with E-state index in [1.807, 2.05) is 66.1 Å². The predicted octanol–water partition coefficient (Wildman–Crippen LogP) is 16.6. The van der Waals surface area contributed by atoms with Crippen molar-refractivity contribution in [2.45, 2.75) is 225 Å². The molecule has 4 saturated heterocycles. The summed E-state index contributed by atoms with van der Waals surface area (Å²) in [5.74, 6) is -10.9. The number of aliphatic hydroxyl groups is 1. The highest BCUT2D eigenvalue weighted by Gasteiger charge is 2.59. The van der Waals surface area contributed by atoms with Gasteiger partial charge < -0.3 is 60.4 Å². The van der Waals surface area contributed by atoms with Gasteiger partial charge >= 0.3 is 0 Å². The number of rotatable bonds is 17. The number of hydrogen-bond acceptors (Lipinski definition) is 27. The molecule has 0 radical (unpaired) electrons. The molecule has 0 saturated carbocycles. The molecule has 12 aromatic rings. The van der Waals surface area contributed by atoms with Gasteiger partial charge in [-0.3, -0.25) is 9.48 Å². The fraction of sp³-hybridized carbons (Fsp3) is 0.500. The highest BCUT2D eigenvalue weighted by Crippen LogP contribution is 2.60. The fourth-order valence-corrected chi connectivity index (χ4v) is 25.7. The van der Waals surface area contributed by atoms with E-state index < -0.39 is 88.5 Å². The zero-order valence-electron chi connectivity index (χ0n) is 72.3. The van der Waals surface area contributed by atoms with E-state index in [-0.39, 0.29) is 100 Å². The number of carbonyl (C=O) groups excluding carboxylic acids is 1. The van der Waals surface area contributed by atoms with Gasteiger partial charge in [-0.15, -0.1) is 65.7 Å². The van der Waals surface area contributed by atoms with E-state index in [0.29, 0.717) is 142 Å². The smallest absolute Gasteiger partial charge is 0.297 e. The number of amides is 1. The van der Waals surface area contributed by atoms with Crippen molar-refractivity contribution in [3.05, 3.63) is 215 Å². The lowest BCUT2D eigenvalue weighted by molar-refractivity contribution is -0.183. The SMILES string of the molecule is CC(C)C(=O)NCCn1cc([C@@H]2C[C@]3(C[C@H](C)N2)OCC(F)(F)c2cc(Cl)sc23)nn1.COc1ccc(C(O)Cn2cc([C@@H]3C[C@]4(C[C@H](C)N3)OCC(F)(F)c3cc(Cl)sc34)nn2)cc1.C[C@H]1C[C@@]2(C[C@@H](c3cn(Cc4ccccc4S(C)(=O)=O)nn3)N1)OCC(F)(F)c1cc(Cl)sc12.C[C@H]1C[C@@]2(C[C@@H](c3cn(Cc4nc5ncccc5[nH]4)nn3)N1)OCC(F)(F)c1cc(Cl)sc12. The zero-order valence-corrected chi connectivity index (χ0v) is 79.4. The van der Waals surface area contributed by atoms with Gasteiger partial charge in [-0.2, -0.15) is 35.1 Å². The van der Waals surface area contributed by atoms with Crippen LogP contribution in [-0.2, 0) is 106 Å². The van der Waals surface area contributed by atoms with Crippen LogP contribution in [0.5, 0.6) is 5.75 Å². The van der Waals surface area contributed by atoms with Crippen LogP contribution >= 0.6 is 91.8 Å². The highest BCUT2D eigenvalue weighted by molar-refractivity contribution is 7.90. The number of ether oxygens (including phenoxy) is 5. The van der Waals surface area contributed by atoms with E-state index >= 15 is 0 Å². The summed E-state index contributed by atoms with van der Waals surface area (Å²) in [4.78, 5) is 25.9. The van der Waals surface area contributed by atoms with Gasteiger partial charge in [0.25, 0.3) is 23.7 Å². The van der Waals surface area contributed by atoms with Crippen molar-refractivity contribution < 1.29 is 77.1 Å². The van der Waals surface area contributed by atoms with Crippen molar-refractivity contribution in [2.24, 2.45) is 5.92 Å². The number of imidazole rings is 1. The minimum Gasteiger partial charge on any atom is -0.497 e. The first kappa shape index (κ1) is 95.6. The molecule has 18 heterocycles. The number of benzene rings is 2. The summed E-state index contributed by atoms with van der Waals surface area (Å²) in [6.45, 7) is 10.8. The molecule has 706 valence electrons. The van der Waals surface area contributed by atoms with Crippen molar-refractivity contribution in [3.63, 3.8) is 0 Å². The number of thiophene rings is 4. The van der Waals surface area contributed by atoms with Crippen LogP contribution < -0.4 is 31.3 Å². The summed E-state index contributed by atoms with van der Waals surface area (Å²) < 4.78 is 177. The number of sulfone groups is 1. The maximum absolute atomic E-state index is 14.5. The van der Waals surface area contributed by atoms with E-state index in [2.05, 4.69) is 82.8 Å². The van der Waals surface area contributed by atoms with Crippen molar-refractivity contribution >= 4 is 119 Å². The number of pyridine rings is 1. The normalized spacial score (nSPS) is 26.9. The molecule has 1 amide bonds. The van der Waals surface area contributed by atoms with E-state index in [0.717, 1.165) is 45.3 Å². The summed E-state index contributed by atoms with van der Waals surface area (Å²) in [6.07, 6.45) is 13.3. The molecule has 2 aromatic carbocycles. The number of aromatic amines is 1. The van der Waals surface area contributed by atoms with Gasteiger partial charge in [0.2, 0.25) is 5.91 Å². The molecule has 7 N–H and O–H groups in total.